The number of hydrogen-bond donors (Lipinski definition) is 0. The zero-order valence-electron chi connectivity index (χ0n) is 18.3. The molecule has 6 nitrogen and oxygen atoms in total. The number of carbonyl (C=O) groups is 1. The minimum Gasteiger partial charge on any atom is -0.496 e. The second-order valence-corrected chi connectivity index (χ2v) is 10.6. The van der Waals surface area contributed by atoms with Crippen molar-refractivity contribution >= 4 is 15.9 Å². The summed E-state index contributed by atoms with van der Waals surface area (Å²) in [5.41, 5.74) is 2.53. The van der Waals surface area contributed by atoms with Crippen LogP contribution in [0.25, 0.3) is 0 Å². The van der Waals surface area contributed by atoms with E-state index in [4.69, 9.17) is 4.74 Å². The second-order valence-electron chi connectivity index (χ2n) is 8.67. The molecule has 162 valence electrons. The highest BCUT2D eigenvalue weighted by Crippen LogP contribution is 2.26. The van der Waals surface area contributed by atoms with Crippen LogP contribution in [0.1, 0.15) is 42.3 Å². The van der Waals surface area contributed by atoms with E-state index in [0.717, 1.165) is 11.1 Å². The maximum atomic E-state index is 13.0. The van der Waals surface area contributed by atoms with Gasteiger partial charge in [-0.2, -0.15) is 4.31 Å². The Bertz CT molecular complexity index is 1020. The quantitative estimate of drug-likeness (QED) is 0.745. The summed E-state index contributed by atoms with van der Waals surface area (Å²) in [6.45, 7) is 9.42. The zero-order chi connectivity index (χ0) is 22.1. The van der Waals surface area contributed by atoms with Crippen LogP contribution in [0.2, 0.25) is 0 Å². The number of sulfonamides is 1. The first kappa shape index (κ1) is 22.3. The van der Waals surface area contributed by atoms with Gasteiger partial charge >= 0.3 is 0 Å². The van der Waals surface area contributed by atoms with E-state index in [1.165, 1.54) is 11.4 Å². The van der Waals surface area contributed by atoms with Crippen molar-refractivity contribution in [1.82, 2.24) is 9.21 Å². The van der Waals surface area contributed by atoms with Crippen LogP contribution in [-0.2, 0) is 15.4 Å². The number of benzene rings is 2. The van der Waals surface area contributed by atoms with Crippen molar-refractivity contribution in [3.05, 3.63) is 59.2 Å². The summed E-state index contributed by atoms with van der Waals surface area (Å²) in [6, 6.07) is 12.6. The zero-order valence-corrected chi connectivity index (χ0v) is 19.1. The van der Waals surface area contributed by atoms with Gasteiger partial charge in [-0.3, -0.25) is 4.79 Å². The first-order valence-corrected chi connectivity index (χ1v) is 11.5. The molecule has 0 N–H and O–H groups in total. The predicted molar refractivity (Wildman–Crippen MR) is 118 cm³/mol. The van der Waals surface area contributed by atoms with Gasteiger partial charge < -0.3 is 9.64 Å². The van der Waals surface area contributed by atoms with E-state index in [1.54, 1.807) is 29.2 Å². The van der Waals surface area contributed by atoms with Crippen LogP contribution in [0, 0.1) is 6.92 Å². The van der Waals surface area contributed by atoms with Gasteiger partial charge in [0.2, 0.25) is 10.0 Å². The van der Waals surface area contributed by atoms with Crippen LogP contribution in [0.5, 0.6) is 5.75 Å². The number of amides is 1. The number of ether oxygens (including phenoxy) is 1. The van der Waals surface area contributed by atoms with Gasteiger partial charge in [0.05, 0.1) is 17.6 Å². The van der Waals surface area contributed by atoms with E-state index in [9.17, 15) is 13.2 Å². The lowest BCUT2D eigenvalue weighted by Crippen LogP contribution is -2.50. The molecule has 7 heteroatoms. The fraction of sp³-hybridized carbons (Fsp3) is 0.435. The molecule has 2 aromatic carbocycles. The van der Waals surface area contributed by atoms with Crippen LogP contribution >= 0.6 is 0 Å². The third kappa shape index (κ3) is 4.52. The Balaban J connectivity index is 1.72. The van der Waals surface area contributed by atoms with Crippen molar-refractivity contribution in [3.8, 4) is 5.75 Å². The topological polar surface area (TPSA) is 66.9 Å². The van der Waals surface area contributed by atoms with Crippen molar-refractivity contribution in [3.63, 3.8) is 0 Å². The largest absolute Gasteiger partial charge is 0.496 e. The smallest absolute Gasteiger partial charge is 0.257 e. The molecule has 1 saturated heterocycles. The van der Waals surface area contributed by atoms with Gasteiger partial charge in [0.15, 0.2) is 0 Å². The van der Waals surface area contributed by atoms with E-state index in [0.29, 0.717) is 24.4 Å². The van der Waals surface area contributed by atoms with Crippen LogP contribution < -0.4 is 4.74 Å². The molecule has 0 aromatic heterocycles. The Hall–Kier alpha value is -2.38. The van der Waals surface area contributed by atoms with Gasteiger partial charge in [-0.15, -0.1) is 0 Å². The van der Waals surface area contributed by atoms with Crippen LogP contribution in [0.4, 0.5) is 0 Å². The van der Waals surface area contributed by atoms with Crippen LogP contribution in [-0.4, -0.2) is 56.8 Å². The second kappa shape index (κ2) is 8.40. The molecule has 1 aliphatic rings. The SMILES string of the molecule is COc1ccc(C)cc1C(=O)N1CCN(S(=O)(=O)c2ccc(C(C)(C)C)cc2)CC1. The van der Waals surface area contributed by atoms with Gasteiger partial charge in [-0.05, 0) is 42.2 Å². The molecule has 0 saturated carbocycles. The highest BCUT2D eigenvalue weighted by atomic mass is 32.2. The highest BCUT2D eigenvalue weighted by molar-refractivity contribution is 7.89. The molecule has 0 bridgehead atoms. The summed E-state index contributed by atoms with van der Waals surface area (Å²) < 4.78 is 32.9. The molecule has 1 amide bonds. The molecule has 0 unspecified atom stereocenters. The summed E-state index contributed by atoms with van der Waals surface area (Å²) >= 11 is 0. The molecule has 1 aliphatic heterocycles. The van der Waals surface area contributed by atoms with Crippen LogP contribution in [0.15, 0.2) is 47.4 Å². The minimum atomic E-state index is -3.59. The number of rotatable bonds is 4. The Kier molecular flexibility index (Phi) is 6.24. The third-order valence-electron chi connectivity index (χ3n) is 5.47. The molecule has 30 heavy (non-hydrogen) atoms. The normalized spacial score (nSPS) is 15.8. The standard InChI is InChI=1S/C23H30N2O4S/c1-17-6-11-21(29-5)20(16-17)22(26)24-12-14-25(15-13-24)30(27,28)19-9-7-18(8-10-19)23(2,3)4/h6-11,16H,12-15H2,1-5H3. The van der Waals surface area contributed by atoms with Gasteiger partial charge in [-0.1, -0.05) is 44.5 Å². The lowest BCUT2D eigenvalue weighted by molar-refractivity contribution is 0.0694. The number of methoxy groups -OCH3 is 1. The summed E-state index contributed by atoms with van der Waals surface area (Å²) in [6.07, 6.45) is 0. The molecule has 0 spiro atoms. The number of carbonyl (C=O) groups excluding carboxylic acids is 1. The molecular weight excluding hydrogens is 400 g/mol. The Morgan fingerprint density at radius 3 is 2.10 bits per heavy atom. The number of nitrogens with zero attached hydrogens (tertiary/aromatic N) is 2. The Morgan fingerprint density at radius 1 is 0.967 bits per heavy atom. The number of hydrogen-bond acceptors (Lipinski definition) is 4. The molecular formula is C23H30N2O4S. The van der Waals surface area contributed by atoms with Gasteiger partial charge in [0, 0.05) is 26.2 Å². The van der Waals surface area contributed by atoms with Gasteiger partial charge in [0.25, 0.3) is 5.91 Å². The molecule has 2 aromatic rings. The number of piperazine rings is 1. The van der Waals surface area contributed by atoms with Crippen molar-refractivity contribution < 1.29 is 17.9 Å². The van der Waals surface area contributed by atoms with Crippen molar-refractivity contribution in [2.75, 3.05) is 33.3 Å². The number of aryl methyl sites for hydroxylation is 1. The summed E-state index contributed by atoms with van der Waals surface area (Å²) in [5, 5.41) is 0. The fourth-order valence-electron chi connectivity index (χ4n) is 3.57. The van der Waals surface area contributed by atoms with Crippen LogP contribution in [0.3, 0.4) is 0 Å². The predicted octanol–water partition coefficient (Wildman–Crippen LogP) is 3.45. The Morgan fingerprint density at radius 2 is 1.57 bits per heavy atom. The lowest BCUT2D eigenvalue weighted by atomic mass is 9.87. The van der Waals surface area contributed by atoms with E-state index in [-0.39, 0.29) is 29.3 Å². The maximum absolute atomic E-state index is 13.0. The van der Waals surface area contributed by atoms with Crippen molar-refractivity contribution in [1.29, 1.82) is 0 Å². The highest BCUT2D eigenvalue weighted by Gasteiger charge is 2.31. The molecule has 3 rings (SSSR count). The summed E-state index contributed by atoms with van der Waals surface area (Å²) in [7, 11) is -2.05. The van der Waals surface area contributed by atoms with Gasteiger partial charge in [0.1, 0.15) is 5.75 Å². The fourth-order valence-corrected chi connectivity index (χ4v) is 4.99. The molecule has 1 heterocycles. The van der Waals surface area contributed by atoms with Crippen molar-refractivity contribution in [2.24, 2.45) is 0 Å². The van der Waals surface area contributed by atoms with Crippen molar-refractivity contribution in [2.45, 2.75) is 38.0 Å². The van der Waals surface area contributed by atoms with E-state index in [1.807, 2.05) is 25.1 Å². The molecule has 0 atom stereocenters. The Labute approximate surface area is 179 Å². The lowest BCUT2D eigenvalue weighted by Gasteiger charge is -2.34. The van der Waals surface area contributed by atoms with Gasteiger partial charge in [-0.25, -0.2) is 8.42 Å². The average molecular weight is 431 g/mol. The molecule has 0 aliphatic carbocycles. The first-order chi connectivity index (χ1) is 14.0. The van der Waals surface area contributed by atoms with E-state index in [2.05, 4.69) is 20.8 Å². The molecule has 0 radical (unpaired) electrons. The molecule has 1 fully saturated rings. The third-order valence-corrected chi connectivity index (χ3v) is 7.38. The minimum absolute atomic E-state index is 0.0366. The summed E-state index contributed by atoms with van der Waals surface area (Å²) in [4.78, 5) is 14.9. The first-order valence-electron chi connectivity index (χ1n) is 10.1. The van der Waals surface area contributed by atoms with E-state index >= 15 is 0 Å². The van der Waals surface area contributed by atoms with E-state index < -0.39 is 10.0 Å². The summed E-state index contributed by atoms with van der Waals surface area (Å²) in [5.74, 6) is 0.390. The average Bonchev–Trinajstić information content (AvgIpc) is 2.72. The monoisotopic (exact) mass is 430 g/mol. The maximum Gasteiger partial charge on any atom is 0.257 e.